The maximum Gasteiger partial charge on any atom is 0.338 e. The van der Waals surface area contributed by atoms with Crippen LogP contribution >= 0.6 is 0 Å². The van der Waals surface area contributed by atoms with Crippen LogP contribution in [0.3, 0.4) is 0 Å². The third kappa shape index (κ3) is 3.73. The van der Waals surface area contributed by atoms with E-state index in [1.165, 1.54) is 0 Å². The van der Waals surface area contributed by atoms with Crippen LogP contribution in [0.15, 0.2) is 36.5 Å². The zero-order valence-corrected chi connectivity index (χ0v) is 19.8. The van der Waals surface area contributed by atoms with Gasteiger partial charge in [0.1, 0.15) is 18.5 Å². The van der Waals surface area contributed by atoms with Gasteiger partial charge < -0.3 is 19.1 Å². The van der Waals surface area contributed by atoms with Crippen molar-refractivity contribution in [2.24, 2.45) is 0 Å². The number of aliphatic hydroxyl groups is 1. The van der Waals surface area contributed by atoms with Crippen LogP contribution in [0.25, 0.3) is 11.3 Å². The minimum atomic E-state index is -0.667. The van der Waals surface area contributed by atoms with Gasteiger partial charge in [0.05, 0.1) is 35.7 Å². The highest BCUT2D eigenvalue weighted by Crippen LogP contribution is 2.32. The molecule has 0 amide bonds. The molecule has 2 atom stereocenters. The van der Waals surface area contributed by atoms with Crippen LogP contribution in [0.2, 0.25) is 0 Å². The van der Waals surface area contributed by atoms with E-state index in [0.29, 0.717) is 30.6 Å². The number of ether oxygens (including phenoxy) is 2. The topological polar surface area (TPSA) is 93.9 Å². The van der Waals surface area contributed by atoms with Crippen molar-refractivity contribution in [2.45, 2.75) is 52.2 Å². The Morgan fingerprint density at radius 1 is 1.14 bits per heavy atom. The largest absolute Gasteiger partial charge is 0.459 e. The number of fused-ring (bicyclic) bond motifs is 3. The molecule has 0 fully saturated rings. The fraction of sp³-hybridized carbons (Fsp3) is 0.370. The van der Waals surface area contributed by atoms with E-state index < -0.39 is 6.10 Å². The number of hydrogen-bond acceptors (Lipinski definition) is 7. The SMILES string of the molecule is Cc1c([C@@H](O)CN2CCn3c(-c4ccc5c(c4)C[C@H](C)OC5=O)cnc3C2)ccc2c1COC2=O. The van der Waals surface area contributed by atoms with Crippen molar-refractivity contribution in [3.8, 4) is 11.3 Å². The molecule has 1 N–H and O–H groups in total. The fourth-order valence-electron chi connectivity index (χ4n) is 5.49. The van der Waals surface area contributed by atoms with Gasteiger partial charge in [-0.05, 0) is 48.7 Å². The first-order chi connectivity index (χ1) is 16.9. The zero-order chi connectivity index (χ0) is 24.3. The quantitative estimate of drug-likeness (QED) is 0.582. The number of benzene rings is 2. The first kappa shape index (κ1) is 22.0. The van der Waals surface area contributed by atoms with E-state index in [1.807, 2.05) is 38.2 Å². The van der Waals surface area contributed by atoms with Crippen LogP contribution in [0.5, 0.6) is 0 Å². The maximum absolute atomic E-state index is 12.2. The summed E-state index contributed by atoms with van der Waals surface area (Å²) in [6.07, 6.45) is 1.82. The summed E-state index contributed by atoms with van der Waals surface area (Å²) in [6.45, 7) is 6.79. The summed E-state index contributed by atoms with van der Waals surface area (Å²) in [5.41, 5.74) is 6.96. The highest BCUT2D eigenvalue weighted by atomic mass is 16.5. The highest BCUT2D eigenvalue weighted by Gasteiger charge is 2.28. The van der Waals surface area contributed by atoms with Crippen LogP contribution < -0.4 is 0 Å². The molecule has 3 aromatic rings. The Morgan fingerprint density at radius 2 is 1.97 bits per heavy atom. The molecule has 0 radical (unpaired) electrons. The molecule has 3 aliphatic rings. The third-order valence-corrected chi connectivity index (χ3v) is 7.38. The number of cyclic esters (lactones) is 2. The predicted octanol–water partition coefficient (Wildman–Crippen LogP) is 3.18. The molecule has 0 aliphatic carbocycles. The van der Waals surface area contributed by atoms with Crippen LogP contribution in [0.1, 0.15) is 61.8 Å². The predicted molar refractivity (Wildman–Crippen MR) is 127 cm³/mol. The second-order valence-corrected chi connectivity index (χ2v) is 9.64. The van der Waals surface area contributed by atoms with Crippen LogP contribution in [0, 0.1) is 6.92 Å². The minimum absolute atomic E-state index is 0.119. The van der Waals surface area contributed by atoms with Gasteiger partial charge in [0.2, 0.25) is 0 Å². The van der Waals surface area contributed by atoms with E-state index in [4.69, 9.17) is 9.47 Å². The first-order valence-corrected chi connectivity index (χ1v) is 12.0. The number of β-amino-alcohol motifs (C(OH)–C–C–N with tert-alkyl or cyclic N) is 1. The smallest absolute Gasteiger partial charge is 0.338 e. The second-order valence-electron chi connectivity index (χ2n) is 9.64. The maximum atomic E-state index is 12.2. The molecule has 0 saturated heterocycles. The monoisotopic (exact) mass is 473 g/mol. The van der Waals surface area contributed by atoms with E-state index in [2.05, 4.69) is 20.5 Å². The summed E-state index contributed by atoms with van der Waals surface area (Å²) in [6, 6.07) is 9.48. The average Bonchev–Trinajstić information content (AvgIpc) is 3.42. The van der Waals surface area contributed by atoms with Crippen molar-refractivity contribution in [1.82, 2.24) is 14.5 Å². The number of carbonyl (C=O) groups is 2. The number of esters is 2. The summed E-state index contributed by atoms with van der Waals surface area (Å²) in [7, 11) is 0. The number of carbonyl (C=O) groups excluding carboxylic acids is 2. The van der Waals surface area contributed by atoms with Gasteiger partial charge in [0, 0.05) is 37.2 Å². The normalized spacial score (nSPS) is 20.0. The number of aromatic nitrogens is 2. The highest BCUT2D eigenvalue weighted by molar-refractivity contribution is 5.94. The Hall–Kier alpha value is -3.49. The van der Waals surface area contributed by atoms with E-state index >= 15 is 0 Å². The summed E-state index contributed by atoms with van der Waals surface area (Å²) >= 11 is 0. The lowest BCUT2D eigenvalue weighted by Crippen LogP contribution is -2.37. The first-order valence-electron chi connectivity index (χ1n) is 12.0. The molecular weight excluding hydrogens is 446 g/mol. The van der Waals surface area contributed by atoms with E-state index in [9.17, 15) is 14.7 Å². The van der Waals surface area contributed by atoms with E-state index in [-0.39, 0.29) is 24.6 Å². The number of aliphatic hydroxyl groups excluding tert-OH is 1. The van der Waals surface area contributed by atoms with Crippen molar-refractivity contribution >= 4 is 11.9 Å². The van der Waals surface area contributed by atoms with Gasteiger partial charge in [-0.1, -0.05) is 12.1 Å². The lowest BCUT2D eigenvalue weighted by molar-refractivity contribution is 0.0301. The van der Waals surface area contributed by atoms with E-state index in [0.717, 1.165) is 52.4 Å². The number of hydrogen-bond donors (Lipinski definition) is 1. The van der Waals surface area contributed by atoms with Crippen molar-refractivity contribution in [1.29, 1.82) is 0 Å². The summed E-state index contributed by atoms with van der Waals surface area (Å²) in [5.74, 6) is 0.400. The Labute approximate surface area is 203 Å². The van der Waals surface area contributed by atoms with Gasteiger partial charge >= 0.3 is 11.9 Å². The molecule has 8 heteroatoms. The van der Waals surface area contributed by atoms with Crippen molar-refractivity contribution in [2.75, 3.05) is 13.1 Å². The Morgan fingerprint density at radius 3 is 2.83 bits per heavy atom. The fourth-order valence-corrected chi connectivity index (χ4v) is 5.49. The number of rotatable bonds is 4. The lowest BCUT2D eigenvalue weighted by atomic mass is 9.95. The third-order valence-electron chi connectivity index (χ3n) is 7.38. The molecule has 0 saturated carbocycles. The van der Waals surface area contributed by atoms with Gasteiger partial charge in [0.15, 0.2) is 0 Å². The molecule has 6 rings (SSSR count). The minimum Gasteiger partial charge on any atom is -0.459 e. The molecule has 180 valence electrons. The number of imidazole rings is 1. The molecule has 8 nitrogen and oxygen atoms in total. The summed E-state index contributed by atoms with van der Waals surface area (Å²) in [5, 5.41) is 11.0. The average molecular weight is 474 g/mol. The van der Waals surface area contributed by atoms with Crippen molar-refractivity contribution < 1.29 is 24.2 Å². The molecule has 0 bridgehead atoms. The Bertz CT molecular complexity index is 1360. The summed E-state index contributed by atoms with van der Waals surface area (Å²) in [4.78, 5) is 30.8. The molecule has 0 unspecified atom stereocenters. The lowest BCUT2D eigenvalue weighted by Gasteiger charge is -2.30. The van der Waals surface area contributed by atoms with Gasteiger partial charge in [-0.25, -0.2) is 14.6 Å². The van der Waals surface area contributed by atoms with Crippen LogP contribution in [-0.2, 0) is 35.6 Å². The Balaban J connectivity index is 1.19. The molecule has 0 spiro atoms. The van der Waals surface area contributed by atoms with Crippen molar-refractivity contribution in [3.63, 3.8) is 0 Å². The van der Waals surface area contributed by atoms with Gasteiger partial charge in [0.25, 0.3) is 0 Å². The second kappa shape index (κ2) is 8.32. The van der Waals surface area contributed by atoms with Gasteiger partial charge in [-0.2, -0.15) is 0 Å². The molecule has 3 aliphatic heterocycles. The summed E-state index contributed by atoms with van der Waals surface area (Å²) < 4.78 is 12.7. The van der Waals surface area contributed by atoms with Crippen LogP contribution in [0.4, 0.5) is 0 Å². The molecule has 4 heterocycles. The number of nitrogens with zero attached hydrogens (tertiary/aromatic N) is 3. The van der Waals surface area contributed by atoms with Crippen molar-refractivity contribution in [3.05, 3.63) is 75.7 Å². The Kier molecular flexibility index (Phi) is 5.23. The standard InChI is InChI=1S/C27H27N3O5/c1-15-9-18-10-17(3-4-20(18)27(33)35-15)23-11-28-25-13-29(7-8-30(23)25)12-24(31)19-5-6-21-22(16(19)2)14-34-26(21)32/h3-6,10-11,15,24,31H,7-9,12-14H2,1-2H3/t15-,24-/m0/s1. The van der Waals surface area contributed by atoms with Gasteiger partial charge in [-0.3, -0.25) is 4.90 Å². The van der Waals surface area contributed by atoms with E-state index in [1.54, 1.807) is 6.07 Å². The molecule has 35 heavy (non-hydrogen) atoms. The van der Waals surface area contributed by atoms with Crippen LogP contribution in [-0.4, -0.2) is 50.7 Å². The zero-order valence-electron chi connectivity index (χ0n) is 19.8. The molecular formula is C27H27N3O5. The molecule has 1 aromatic heterocycles. The molecule has 2 aromatic carbocycles. The van der Waals surface area contributed by atoms with Gasteiger partial charge in [-0.15, -0.1) is 0 Å².